The van der Waals surface area contributed by atoms with E-state index in [9.17, 15) is 14.7 Å². The summed E-state index contributed by atoms with van der Waals surface area (Å²) in [6, 6.07) is 8.73. The second-order valence-corrected chi connectivity index (χ2v) is 19.2. The predicted molar refractivity (Wildman–Crippen MR) is 252 cm³/mol. The zero-order chi connectivity index (χ0) is 44.1. The van der Waals surface area contributed by atoms with Crippen molar-refractivity contribution in [3.8, 4) is 11.5 Å². The van der Waals surface area contributed by atoms with Crippen molar-refractivity contribution < 1.29 is 24.2 Å². The summed E-state index contributed by atoms with van der Waals surface area (Å²) in [6.07, 6.45) is 11.4. The molecule has 15 nitrogen and oxygen atoms in total. The molecule has 1 amide bonds. The minimum absolute atomic E-state index is 0.0589. The highest BCUT2D eigenvalue weighted by Crippen LogP contribution is 2.44. The molecule has 0 radical (unpaired) electrons. The first-order valence-electron chi connectivity index (χ1n) is 22.0. The second kappa shape index (κ2) is 17.5. The van der Waals surface area contributed by atoms with Gasteiger partial charge in [-0.25, -0.2) is 19.9 Å². The summed E-state index contributed by atoms with van der Waals surface area (Å²) < 4.78 is 11.8. The number of carbonyl (C=O) groups excluding carboxylic acids is 1. The number of aromatic nitrogens is 4. The van der Waals surface area contributed by atoms with Crippen LogP contribution in [0.1, 0.15) is 69.8 Å². The van der Waals surface area contributed by atoms with E-state index in [2.05, 4.69) is 71.7 Å². The molecule has 17 heteroatoms. The number of amides is 1. The maximum Gasteiger partial charge on any atom is 0.306 e. The van der Waals surface area contributed by atoms with Crippen molar-refractivity contribution in [2.75, 3.05) is 51.0 Å². The van der Waals surface area contributed by atoms with Gasteiger partial charge >= 0.3 is 5.97 Å². The maximum atomic E-state index is 13.1. The smallest absolute Gasteiger partial charge is 0.306 e. The molecule has 0 bridgehead atoms. The minimum Gasteiger partial charge on any atom is -0.492 e. The van der Waals surface area contributed by atoms with Crippen LogP contribution >= 0.6 is 22.7 Å². The molecule has 11 rings (SSSR count). The maximum absolute atomic E-state index is 13.1. The van der Waals surface area contributed by atoms with Crippen LogP contribution in [0.3, 0.4) is 0 Å². The molecule has 6 aromatic rings. The highest BCUT2D eigenvalue weighted by molar-refractivity contribution is 7.19. The molecular weight excluding hydrogens is 849 g/mol. The number of ether oxygens (including phenoxy) is 2. The summed E-state index contributed by atoms with van der Waals surface area (Å²) in [5, 5.41) is 18.4. The summed E-state index contributed by atoms with van der Waals surface area (Å²) in [4.78, 5) is 59.9. The van der Waals surface area contributed by atoms with E-state index in [4.69, 9.17) is 9.47 Å². The molecule has 3 N–H and O–H groups in total. The molecule has 0 saturated carbocycles. The van der Waals surface area contributed by atoms with Crippen LogP contribution in [0.5, 0.6) is 11.5 Å². The van der Waals surface area contributed by atoms with E-state index in [1.807, 2.05) is 43.3 Å². The van der Waals surface area contributed by atoms with Gasteiger partial charge in [0.2, 0.25) is 5.91 Å². The Balaban J connectivity index is 0.000000154. The fourth-order valence-corrected chi connectivity index (χ4v) is 11.9. The number of benzene rings is 2. The van der Waals surface area contributed by atoms with Crippen LogP contribution in [-0.2, 0) is 48.4 Å². The SMILES string of the molecule is CCOc1cc2c(cc1Nc1ncnc3sc4c(c13)CC[C@H](C(=O)N1CC(N(C)C)C1)C4)C=NC2.CCOc1cc2c(cc1Nc1ncnc3sc4c(c13)CC[C@H](C(=O)O)C4)C=NC2. The number of anilines is 4. The number of nitrogens with zero attached hydrogens (tertiary/aromatic N) is 8. The second-order valence-electron chi connectivity index (χ2n) is 17.0. The molecule has 3 aliphatic heterocycles. The van der Waals surface area contributed by atoms with E-state index < -0.39 is 5.97 Å². The lowest BCUT2D eigenvalue weighted by Crippen LogP contribution is -2.60. The molecule has 0 spiro atoms. The number of thiophene rings is 2. The summed E-state index contributed by atoms with van der Waals surface area (Å²) in [6.45, 7) is 8.16. The number of rotatable bonds is 11. The van der Waals surface area contributed by atoms with Gasteiger partial charge in [0.05, 0.1) is 54.4 Å². The number of likely N-dealkylation sites (tertiary alicyclic amines) is 1. The molecule has 0 unspecified atom stereocenters. The fourth-order valence-electron chi connectivity index (χ4n) is 9.33. The highest BCUT2D eigenvalue weighted by atomic mass is 32.1. The molecule has 2 atom stereocenters. The third-order valence-electron chi connectivity index (χ3n) is 12.9. The van der Waals surface area contributed by atoms with Crippen molar-refractivity contribution in [1.29, 1.82) is 0 Å². The van der Waals surface area contributed by atoms with Gasteiger partial charge in [-0.15, -0.1) is 22.7 Å². The van der Waals surface area contributed by atoms with Crippen molar-refractivity contribution in [3.05, 3.63) is 80.1 Å². The van der Waals surface area contributed by atoms with E-state index in [1.165, 1.54) is 21.6 Å². The number of hydrogen-bond donors (Lipinski definition) is 3. The van der Waals surface area contributed by atoms with Gasteiger partial charge in [0.25, 0.3) is 0 Å². The van der Waals surface area contributed by atoms with Crippen LogP contribution in [-0.4, -0.2) is 106 Å². The lowest BCUT2D eigenvalue weighted by molar-refractivity contribution is -0.143. The van der Waals surface area contributed by atoms with Crippen LogP contribution in [0, 0.1) is 11.8 Å². The Bertz CT molecular complexity index is 2870. The molecular formula is C47H50N10O5S2. The molecule has 1 saturated heterocycles. The van der Waals surface area contributed by atoms with E-state index >= 15 is 0 Å². The van der Waals surface area contributed by atoms with Crippen molar-refractivity contribution in [2.45, 2.75) is 71.5 Å². The van der Waals surface area contributed by atoms with Crippen molar-refractivity contribution >= 4 is 90.4 Å². The number of hydrogen-bond acceptors (Lipinski definition) is 15. The summed E-state index contributed by atoms with van der Waals surface area (Å²) in [5.74, 6) is 2.43. The largest absolute Gasteiger partial charge is 0.492 e. The Hall–Kier alpha value is -6.04. The summed E-state index contributed by atoms with van der Waals surface area (Å²) in [5.41, 5.74) is 8.71. The molecule has 2 aromatic carbocycles. The van der Waals surface area contributed by atoms with E-state index in [-0.39, 0.29) is 11.8 Å². The number of likely N-dealkylation sites (N-methyl/N-ethyl adjacent to an activating group) is 1. The lowest BCUT2D eigenvalue weighted by Gasteiger charge is -2.44. The average Bonchev–Trinajstić information content (AvgIpc) is 4.08. The number of aliphatic imine (C=N–C) groups is 2. The van der Waals surface area contributed by atoms with Gasteiger partial charge in [0.1, 0.15) is 45.5 Å². The zero-order valence-corrected chi connectivity index (χ0v) is 37.9. The Kier molecular flexibility index (Phi) is 11.5. The van der Waals surface area contributed by atoms with Gasteiger partial charge < -0.3 is 35.0 Å². The topological polar surface area (TPSA) is 180 Å². The van der Waals surface area contributed by atoms with Crippen molar-refractivity contribution in [3.63, 3.8) is 0 Å². The number of aryl methyl sites for hydroxylation is 2. The van der Waals surface area contributed by atoms with Gasteiger partial charge in [0, 0.05) is 47.2 Å². The van der Waals surface area contributed by atoms with Crippen molar-refractivity contribution in [2.24, 2.45) is 21.8 Å². The predicted octanol–water partition coefficient (Wildman–Crippen LogP) is 7.60. The summed E-state index contributed by atoms with van der Waals surface area (Å²) in [7, 11) is 4.16. The van der Waals surface area contributed by atoms with Gasteiger partial charge in [-0.2, -0.15) is 0 Å². The van der Waals surface area contributed by atoms with Crippen LogP contribution in [0.25, 0.3) is 20.4 Å². The van der Waals surface area contributed by atoms with Crippen LogP contribution in [0.15, 0.2) is 46.9 Å². The van der Waals surface area contributed by atoms with Gasteiger partial charge in [0.15, 0.2) is 0 Å². The first-order valence-corrected chi connectivity index (χ1v) is 23.6. The fraction of sp³-hybridized carbons (Fsp3) is 0.404. The third-order valence-corrected chi connectivity index (χ3v) is 15.2. The van der Waals surface area contributed by atoms with E-state index in [0.717, 1.165) is 115 Å². The number of carboxylic acid groups (broad SMARTS) is 1. The summed E-state index contributed by atoms with van der Waals surface area (Å²) >= 11 is 3.27. The van der Waals surface area contributed by atoms with Crippen LogP contribution in [0.2, 0.25) is 0 Å². The number of nitrogens with one attached hydrogen (secondary N) is 2. The third kappa shape index (κ3) is 7.93. The first kappa shape index (κ1) is 41.9. The van der Waals surface area contributed by atoms with Gasteiger partial charge in [-0.05, 0) is 124 Å². The van der Waals surface area contributed by atoms with Crippen LogP contribution in [0.4, 0.5) is 23.0 Å². The van der Waals surface area contributed by atoms with Gasteiger partial charge in [-0.1, -0.05) is 0 Å². The molecule has 1 fully saturated rings. The lowest BCUT2D eigenvalue weighted by atomic mass is 9.86. The van der Waals surface area contributed by atoms with E-state index in [0.29, 0.717) is 51.1 Å². The molecule has 64 heavy (non-hydrogen) atoms. The van der Waals surface area contributed by atoms with Crippen LogP contribution < -0.4 is 20.1 Å². The Morgan fingerprint density at radius 2 is 1.25 bits per heavy atom. The Labute approximate surface area is 378 Å². The van der Waals surface area contributed by atoms with Crippen molar-refractivity contribution in [1.82, 2.24) is 29.7 Å². The van der Waals surface area contributed by atoms with E-state index in [1.54, 1.807) is 35.3 Å². The molecule has 4 aromatic heterocycles. The molecule has 2 aliphatic carbocycles. The number of carboxylic acids is 1. The highest BCUT2D eigenvalue weighted by Gasteiger charge is 2.38. The Morgan fingerprint density at radius 1 is 0.750 bits per heavy atom. The molecule has 7 heterocycles. The number of carbonyl (C=O) groups is 2. The number of aliphatic carboxylic acids is 1. The zero-order valence-electron chi connectivity index (χ0n) is 36.3. The number of fused-ring (bicyclic) bond motifs is 8. The van der Waals surface area contributed by atoms with Gasteiger partial charge in [-0.3, -0.25) is 19.6 Å². The monoisotopic (exact) mass is 898 g/mol. The standard InChI is InChI=1S/C26H30N6O2S.C21H20N4O3S/c1-4-34-21-8-17-11-27-10-16(17)7-20(21)30-24-23-19-6-5-15(9-22(19)35-25(23)29-14-28-24)26(33)32-12-18(13-32)31(2)3;1-2-28-16-6-13-9-22-8-12(13)5-15(16)25-19-18-14-4-3-11(21(26)27)7-17(14)29-20(18)24-10-23-19/h7-8,10,14-15,18H,4-6,9,11-13H2,1-3H3,(H,28,29,30);5-6,8,10-11H,2-4,7,9H2,1H3,(H,26,27)(H,23,24,25)/t15-;11-/m00/s1. The molecule has 330 valence electrons. The Morgan fingerprint density at radius 3 is 1.73 bits per heavy atom. The molecule has 5 aliphatic rings. The first-order chi connectivity index (χ1) is 31.1. The average molecular weight is 899 g/mol. The minimum atomic E-state index is -0.723. The normalized spacial score (nSPS) is 18.2. The quantitative estimate of drug-likeness (QED) is 0.116.